The number of nitrogens with one attached hydrogen (secondary N) is 2. The number of halogens is 4. The molecule has 0 spiro atoms. The predicted molar refractivity (Wildman–Crippen MR) is 159 cm³/mol. The molecule has 1 unspecified atom stereocenters. The minimum absolute atomic E-state index is 0.00123. The molecule has 0 fully saturated rings. The predicted octanol–water partition coefficient (Wildman–Crippen LogP) is 8.13. The number of hydrogen-bond donors (Lipinski definition) is 2. The van der Waals surface area contributed by atoms with Gasteiger partial charge >= 0.3 is 12.2 Å². The largest absolute Gasteiger partial charge is 0.416 e. The van der Waals surface area contributed by atoms with Gasteiger partial charge in [-0.15, -0.1) is 10.2 Å². The SMILES string of the molecule is Cc1ccc(-n2c(SCc3ccc(F)cc3)nnc2C(Cc2ccccc2)NC(=O)Nc2cccc(C(F)(F)F)c2)cc1. The van der Waals surface area contributed by atoms with E-state index in [1.165, 1.54) is 36.0 Å². The lowest BCUT2D eigenvalue weighted by Gasteiger charge is -2.21. The van der Waals surface area contributed by atoms with Crippen LogP contribution >= 0.6 is 11.8 Å². The summed E-state index contributed by atoms with van der Waals surface area (Å²) in [5, 5.41) is 14.9. The van der Waals surface area contributed by atoms with Crippen LogP contribution in [0.2, 0.25) is 0 Å². The highest BCUT2D eigenvalue weighted by Crippen LogP contribution is 2.31. The zero-order valence-corrected chi connectivity index (χ0v) is 23.8. The van der Waals surface area contributed by atoms with Crippen molar-refractivity contribution >= 4 is 23.5 Å². The van der Waals surface area contributed by atoms with Crippen molar-refractivity contribution in [2.24, 2.45) is 0 Å². The van der Waals surface area contributed by atoms with E-state index in [0.717, 1.165) is 34.5 Å². The molecular formula is C32H27F4N5OS. The minimum atomic E-state index is -4.55. The molecule has 0 saturated carbocycles. The fraction of sp³-hybridized carbons (Fsp3) is 0.156. The molecule has 2 amide bonds. The van der Waals surface area contributed by atoms with Crippen LogP contribution in [0.1, 0.15) is 34.1 Å². The summed E-state index contributed by atoms with van der Waals surface area (Å²) >= 11 is 1.41. The van der Waals surface area contributed by atoms with Crippen molar-refractivity contribution in [3.05, 3.63) is 137 Å². The summed E-state index contributed by atoms with van der Waals surface area (Å²) in [5.41, 5.74) is 2.76. The lowest BCUT2D eigenvalue weighted by Crippen LogP contribution is -2.35. The number of carbonyl (C=O) groups excluding carboxylic acids is 1. The summed E-state index contributed by atoms with van der Waals surface area (Å²) in [4.78, 5) is 13.2. The fourth-order valence-electron chi connectivity index (χ4n) is 4.42. The number of anilines is 1. The van der Waals surface area contributed by atoms with Crippen molar-refractivity contribution in [2.45, 2.75) is 36.5 Å². The van der Waals surface area contributed by atoms with Crippen LogP contribution in [-0.4, -0.2) is 20.8 Å². The Hall–Kier alpha value is -4.64. The van der Waals surface area contributed by atoms with E-state index >= 15 is 0 Å². The first kappa shape index (κ1) is 29.8. The molecule has 1 heterocycles. The lowest BCUT2D eigenvalue weighted by atomic mass is 10.1. The van der Waals surface area contributed by atoms with Gasteiger partial charge in [-0.05, 0) is 60.5 Å². The molecule has 1 aromatic heterocycles. The average Bonchev–Trinajstić information content (AvgIpc) is 3.41. The van der Waals surface area contributed by atoms with E-state index in [-0.39, 0.29) is 11.5 Å². The molecule has 1 atom stereocenters. The van der Waals surface area contributed by atoms with Gasteiger partial charge in [0.1, 0.15) is 5.82 Å². The standard InChI is InChI=1S/C32H27F4N5OS/c1-21-10-16-27(17-11-21)41-29(39-40-31(41)43-20-23-12-14-25(33)15-13-23)28(18-22-6-3-2-4-7-22)38-30(42)37-26-9-5-8-24(19-26)32(34,35)36/h2-17,19,28H,18,20H2,1H3,(H2,37,38,42). The topological polar surface area (TPSA) is 71.8 Å². The van der Waals surface area contributed by atoms with E-state index < -0.39 is 23.8 Å². The van der Waals surface area contributed by atoms with Gasteiger partial charge in [-0.25, -0.2) is 9.18 Å². The van der Waals surface area contributed by atoms with Crippen molar-refractivity contribution < 1.29 is 22.4 Å². The number of rotatable bonds is 9. The first-order valence-electron chi connectivity index (χ1n) is 13.3. The number of thioether (sulfide) groups is 1. The molecular weight excluding hydrogens is 578 g/mol. The first-order chi connectivity index (χ1) is 20.7. The van der Waals surface area contributed by atoms with Crippen LogP contribution in [0.15, 0.2) is 108 Å². The van der Waals surface area contributed by atoms with E-state index in [4.69, 9.17) is 0 Å². The maximum absolute atomic E-state index is 13.4. The molecule has 6 nitrogen and oxygen atoms in total. The highest BCUT2D eigenvalue weighted by Gasteiger charge is 2.31. The van der Waals surface area contributed by atoms with Crippen molar-refractivity contribution in [3.63, 3.8) is 0 Å². The zero-order chi connectivity index (χ0) is 30.4. The average molecular weight is 606 g/mol. The first-order valence-corrected chi connectivity index (χ1v) is 14.3. The number of carbonyl (C=O) groups is 1. The van der Waals surface area contributed by atoms with Gasteiger partial charge in [-0.1, -0.05) is 78.0 Å². The zero-order valence-electron chi connectivity index (χ0n) is 23.0. The fourth-order valence-corrected chi connectivity index (χ4v) is 5.34. The van der Waals surface area contributed by atoms with Crippen LogP contribution in [-0.2, 0) is 18.3 Å². The number of hydrogen-bond acceptors (Lipinski definition) is 4. The van der Waals surface area contributed by atoms with Crippen LogP contribution in [0.4, 0.5) is 28.0 Å². The Labute approximate surface area is 250 Å². The molecule has 0 saturated heterocycles. The third-order valence-corrected chi connectivity index (χ3v) is 7.58. The number of aryl methyl sites for hydroxylation is 1. The number of nitrogens with zero attached hydrogens (tertiary/aromatic N) is 3. The molecule has 43 heavy (non-hydrogen) atoms. The second-order valence-corrected chi connectivity index (χ2v) is 10.8. The Morgan fingerprint density at radius 3 is 2.30 bits per heavy atom. The van der Waals surface area contributed by atoms with Gasteiger partial charge < -0.3 is 10.6 Å². The quantitative estimate of drug-likeness (QED) is 0.131. The third kappa shape index (κ3) is 7.81. The van der Waals surface area contributed by atoms with Crippen molar-refractivity contribution in [3.8, 4) is 5.69 Å². The van der Waals surface area contributed by atoms with E-state index in [9.17, 15) is 22.4 Å². The van der Waals surface area contributed by atoms with E-state index in [0.29, 0.717) is 23.2 Å². The Morgan fingerprint density at radius 2 is 1.60 bits per heavy atom. The molecule has 0 aliphatic carbocycles. The number of benzene rings is 4. The lowest BCUT2D eigenvalue weighted by molar-refractivity contribution is -0.137. The molecule has 0 aliphatic rings. The van der Waals surface area contributed by atoms with Gasteiger partial charge in [-0.2, -0.15) is 13.2 Å². The third-order valence-electron chi connectivity index (χ3n) is 6.58. The second kappa shape index (κ2) is 13.1. The summed E-state index contributed by atoms with van der Waals surface area (Å²) in [6, 6.07) is 26.5. The Kier molecular flexibility index (Phi) is 9.10. The van der Waals surface area contributed by atoms with Crippen molar-refractivity contribution in [1.29, 1.82) is 0 Å². The smallest absolute Gasteiger partial charge is 0.327 e. The number of urea groups is 1. The Bertz CT molecular complexity index is 1670. The van der Waals surface area contributed by atoms with Crippen molar-refractivity contribution in [1.82, 2.24) is 20.1 Å². The van der Waals surface area contributed by atoms with Crippen LogP contribution in [0, 0.1) is 12.7 Å². The Balaban J connectivity index is 1.48. The van der Waals surface area contributed by atoms with Gasteiger partial charge in [0.25, 0.3) is 0 Å². The Morgan fingerprint density at radius 1 is 0.884 bits per heavy atom. The molecule has 0 bridgehead atoms. The van der Waals surface area contributed by atoms with Crippen LogP contribution < -0.4 is 10.6 Å². The van der Waals surface area contributed by atoms with E-state index in [1.807, 2.05) is 66.1 Å². The molecule has 5 rings (SSSR count). The number of amides is 2. The summed E-state index contributed by atoms with van der Waals surface area (Å²) in [6.45, 7) is 1.97. The van der Waals surface area contributed by atoms with Gasteiger partial charge in [0.05, 0.1) is 11.6 Å². The maximum atomic E-state index is 13.4. The molecule has 220 valence electrons. The number of alkyl halides is 3. The van der Waals surface area contributed by atoms with Gasteiger partial charge in [0.15, 0.2) is 11.0 Å². The molecule has 0 radical (unpaired) electrons. The van der Waals surface area contributed by atoms with Crippen LogP contribution in [0.5, 0.6) is 0 Å². The highest BCUT2D eigenvalue weighted by molar-refractivity contribution is 7.98. The summed E-state index contributed by atoms with van der Waals surface area (Å²) in [7, 11) is 0. The highest BCUT2D eigenvalue weighted by atomic mass is 32.2. The molecule has 5 aromatic rings. The van der Waals surface area contributed by atoms with Gasteiger partial charge in [-0.3, -0.25) is 4.57 Å². The van der Waals surface area contributed by atoms with Crippen LogP contribution in [0.3, 0.4) is 0 Å². The normalized spacial score (nSPS) is 12.1. The van der Waals surface area contributed by atoms with E-state index in [2.05, 4.69) is 20.8 Å². The van der Waals surface area contributed by atoms with Gasteiger partial charge in [0.2, 0.25) is 0 Å². The molecule has 2 N–H and O–H groups in total. The summed E-state index contributed by atoms with van der Waals surface area (Å²) in [5.74, 6) is 0.613. The maximum Gasteiger partial charge on any atom is 0.416 e. The molecule has 4 aromatic carbocycles. The number of aromatic nitrogens is 3. The van der Waals surface area contributed by atoms with Gasteiger partial charge in [0, 0.05) is 23.5 Å². The molecule has 0 aliphatic heterocycles. The molecule has 11 heteroatoms. The summed E-state index contributed by atoms with van der Waals surface area (Å²) < 4.78 is 55.0. The summed E-state index contributed by atoms with van der Waals surface area (Å²) in [6.07, 6.45) is -4.21. The van der Waals surface area contributed by atoms with Crippen LogP contribution in [0.25, 0.3) is 5.69 Å². The van der Waals surface area contributed by atoms with E-state index in [1.54, 1.807) is 12.1 Å². The second-order valence-electron chi connectivity index (χ2n) is 9.85. The van der Waals surface area contributed by atoms with Crippen molar-refractivity contribution in [2.75, 3.05) is 5.32 Å². The monoisotopic (exact) mass is 605 g/mol. The minimum Gasteiger partial charge on any atom is -0.327 e.